The number of benzene rings is 2. The molecule has 0 unspecified atom stereocenters. The summed E-state index contributed by atoms with van der Waals surface area (Å²) in [7, 11) is 0. The fourth-order valence-electron chi connectivity index (χ4n) is 2.08. The number of para-hydroxylation sites is 1. The molecule has 5 nitrogen and oxygen atoms in total. The fourth-order valence-corrected chi connectivity index (χ4v) is 2.08. The first-order valence-corrected chi connectivity index (χ1v) is 7.60. The van der Waals surface area contributed by atoms with Crippen molar-refractivity contribution in [3.63, 3.8) is 0 Å². The highest BCUT2D eigenvalue weighted by Gasteiger charge is 2.21. The third-order valence-corrected chi connectivity index (χ3v) is 3.21. The molecule has 132 valence electrons. The van der Waals surface area contributed by atoms with Gasteiger partial charge in [0.2, 0.25) is 0 Å². The third kappa shape index (κ3) is 5.27. The van der Waals surface area contributed by atoms with Gasteiger partial charge in [0.05, 0.1) is 6.61 Å². The topological polar surface area (TPSA) is 55.8 Å². The quantitative estimate of drug-likeness (QED) is 0.721. The molecule has 0 aliphatic rings. The standard InChI is InChI=1S/C18H17F2NO4/c1-2-24-18(23)11-21(14-6-4-3-5-7-14)17(22)12-25-16-9-8-13(19)10-15(16)20/h3-10H,2,11-12H2,1H3. The highest BCUT2D eigenvalue weighted by Crippen LogP contribution is 2.19. The second-order valence-corrected chi connectivity index (χ2v) is 4.98. The Kier molecular flexibility index (Phi) is 6.45. The Morgan fingerprint density at radius 1 is 1.08 bits per heavy atom. The lowest BCUT2D eigenvalue weighted by molar-refractivity contribution is -0.142. The molecule has 2 rings (SSSR count). The van der Waals surface area contributed by atoms with Crippen LogP contribution in [0.4, 0.5) is 14.5 Å². The summed E-state index contributed by atoms with van der Waals surface area (Å²) >= 11 is 0. The SMILES string of the molecule is CCOC(=O)CN(C(=O)COc1ccc(F)cc1F)c1ccccc1. The Bertz CT molecular complexity index is 737. The zero-order valence-electron chi connectivity index (χ0n) is 13.6. The Hall–Kier alpha value is -2.96. The number of amides is 1. The molecule has 0 saturated heterocycles. The first kappa shape index (κ1) is 18.4. The average molecular weight is 349 g/mol. The minimum absolute atomic E-state index is 0.187. The number of carbonyl (C=O) groups excluding carboxylic acids is 2. The monoisotopic (exact) mass is 349 g/mol. The highest BCUT2D eigenvalue weighted by atomic mass is 19.1. The van der Waals surface area contributed by atoms with Crippen LogP contribution in [-0.4, -0.2) is 31.6 Å². The molecule has 1 amide bonds. The van der Waals surface area contributed by atoms with Crippen molar-refractivity contribution in [1.29, 1.82) is 0 Å². The lowest BCUT2D eigenvalue weighted by Crippen LogP contribution is -2.39. The third-order valence-electron chi connectivity index (χ3n) is 3.21. The number of anilines is 1. The van der Waals surface area contributed by atoms with Gasteiger partial charge in [-0.2, -0.15) is 0 Å². The van der Waals surface area contributed by atoms with Crippen LogP contribution in [-0.2, 0) is 14.3 Å². The summed E-state index contributed by atoms with van der Waals surface area (Å²) in [5.74, 6) is -3.05. The molecular weight excluding hydrogens is 332 g/mol. The lowest BCUT2D eigenvalue weighted by Gasteiger charge is -2.22. The van der Waals surface area contributed by atoms with E-state index in [0.29, 0.717) is 11.8 Å². The number of hydrogen-bond donors (Lipinski definition) is 0. The summed E-state index contributed by atoms with van der Waals surface area (Å²) < 4.78 is 36.4. The van der Waals surface area contributed by atoms with Crippen LogP contribution < -0.4 is 9.64 Å². The molecule has 0 bridgehead atoms. The molecule has 0 radical (unpaired) electrons. The van der Waals surface area contributed by atoms with Crippen LogP contribution in [0.15, 0.2) is 48.5 Å². The Morgan fingerprint density at radius 2 is 1.80 bits per heavy atom. The summed E-state index contributed by atoms with van der Waals surface area (Å²) in [5, 5.41) is 0. The van der Waals surface area contributed by atoms with Crippen LogP contribution >= 0.6 is 0 Å². The summed E-state index contributed by atoms with van der Waals surface area (Å²) in [6, 6.07) is 11.3. The molecule has 0 aliphatic carbocycles. The van der Waals surface area contributed by atoms with Crippen molar-refractivity contribution in [2.24, 2.45) is 0 Å². The Morgan fingerprint density at radius 3 is 2.44 bits per heavy atom. The van der Waals surface area contributed by atoms with E-state index in [1.807, 2.05) is 0 Å². The van der Waals surface area contributed by atoms with Crippen molar-refractivity contribution in [2.75, 3.05) is 24.7 Å². The lowest BCUT2D eigenvalue weighted by atomic mass is 10.3. The number of ether oxygens (including phenoxy) is 2. The molecule has 7 heteroatoms. The number of halogens is 2. The predicted octanol–water partition coefficient (Wildman–Crippen LogP) is 2.94. The van der Waals surface area contributed by atoms with Gasteiger partial charge in [0.15, 0.2) is 18.2 Å². The smallest absolute Gasteiger partial charge is 0.326 e. The number of hydrogen-bond acceptors (Lipinski definition) is 4. The molecule has 0 heterocycles. The zero-order valence-corrected chi connectivity index (χ0v) is 13.6. The van der Waals surface area contributed by atoms with Crippen molar-refractivity contribution in [1.82, 2.24) is 0 Å². The summed E-state index contributed by atoms with van der Waals surface area (Å²) in [6.07, 6.45) is 0. The van der Waals surface area contributed by atoms with Gasteiger partial charge in [-0.1, -0.05) is 18.2 Å². The molecule has 0 fully saturated rings. The predicted molar refractivity (Wildman–Crippen MR) is 87.3 cm³/mol. The molecule has 0 saturated carbocycles. The van der Waals surface area contributed by atoms with E-state index in [9.17, 15) is 18.4 Å². The van der Waals surface area contributed by atoms with Gasteiger partial charge in [0.1, 0.15) is 12.4 Å². The van der Waals surface area contributed by atoms with Crippen LogP contribution in [0.1, 0.15) is 6.92 Å². The molecule has 0 atom stereocenters. The number of nitrogens with zero attached hydrogens (tertiary/aromatic N) is 1. The van der Waals surface area contributed by atoms with Crippen LogP contribution in [0.3, 0.4) is 0 Å². The minimum atomic E-state index is -0.913. The first-order chi connectivity index (χ1) is 12.0. The maximum absolute atomic E-state index is 13.6. The van der Waals surface area contributed by atoms with E-state index in [1.54, 1.807) is 37.3 Å². The van der Waals surface area contributed by atoms with Crippen molar-refractivity contribution >= 4 is 17.6 Å². The van der Waals surface area contributed by atoms with Gasteiger partial charge in [-0.3, -0.25) is 14.5 Å². The van der Waals surface area contributed by atoms with E-state index in [-0.39, 0.29) is 18.9 Å². The van der Waals surface area contributed by atoms with E-state index >= 15 is 0 Å². The van der Waals surface area contributed by atoms with Gasteiger partial charge < -0.3 is 9.47 Å². The molecular formula is C18H17F2NO4. The van der Waals surface area contributed by atoms with Gasteiger partial charge in [-0.15, -0.1) is 0 Å². The Labute approximate surface area is 143 Å². The second-order valence-electron chi connectivity index (χ2n) is 4.98. The van der Waals surface area contributed by atoms with Crippen LogP contribution in [0, 0.1) is 11.6 Å². The maximum atomic E-state index is 13.6. The van der Waals surface area contributed by atoms with Gasteiger partial charge in [0, 0.05) is 11.8 Å². The molecule has 0 spiro atoms. The van der Waals surface area contributed by atoms with E-state index < -0.39 is 30.1 Å². The van der Waals surface area contributed by atoms with Gasteiger partial charge >= 0.3 is 5.97 Å². The van der Waals surface area contributed by atoms with Crippen molar-refractivity contribution in [2.45, 2.75) is 6.92 Å². The second kappa shape index (κ2) is 8.77. The molecule has 0 N–H and O–H groups in total. The molecule has 0 aliphatic heterocycles. The molecule has 25 heavy (non-hydrogen) atoms. The van der Waals surface area contributed by atoms with Crippen molar-refractivity contribution in [3.8, 4) is 5.75 Å². The molecule has 0 aromatic heterocycles. The highest BCUT2D eigenvalue weighted by molar-refractivity contribution is 5.98. The van der Waals surface area contributed by atoms with E-state index in [4.69, 9.17) is 9.47 Å². The van der Waals surface area contributed by atoms with Gasteiger partial charge in [-0.05, 0) is 31.2 Å². The summed E-state index contributed by atoms with van der Waals surface area (Å²) in [5.41, 5.74) is 0.476. The van der Waals surface area contributed by atoms with E-state index in [1.165, 1.54) is 4.90 Å². The zero-order chi connectivity index (χ0) is 18.2. The van der Waals surface area contributed by atoms with Gasteiger partial charge in [-0.25, -0.2) is 8.78 Å². The maximum Gasteiger partial charge on any atom is 0.326 e. The largest absolute Gasteiger partial charge is 0.481 e. The summed E-state index contributed by atoms with van der Waals surface area (Å²) in [4.78, 5) is 25.4. The van der Waals surface area contributed by atoms with Gasteiger partial charge in [0.25, 0.3) is 5.91 Å². The number of esters is 1. The van der Waals surface area contributed by atoms with Crippen LogP contribution in [0.2, 0.25) is 0 Å². The van der Waals surface area contributed by atoms with Crippen molar-refractivity contribution < 1.29 is 27.8 Å². The van der Waals surface area contributed by atoms with Crippen LogP contribution in [0.5, 0.6) is 5.75 Å². The van der Waals surface area contributed by atoms with Crippen LogP contribution in [0.25, 0.3) is 0 Å². The minimum Gasteiger partial charge on any atom is -0.481 e. The first-order valence-electron chi connectivity index (χ1n) is 7.60. The molecule has 2 aromatic carbocycles. The molecule has 2 aromatic rings. The van der Waals surface area contributed by atoms with Crippen molar-refractivity contribution in [3.05, 3.63) is 60.2 Å². The number of carbonyl (C=O) groups is 2. The van der Waals surface area contributed by atoms with E-state index in [0.717, 1.165) is 12.1 Å². The average Bonchev–Trinajstić information content (AvgIpc) is 2.59. The fraction of sp³-hybridized carbons (Fsp3) is 0.222. The summed E-state index contributed by atoms with van der Waals surface area (Å²) in [6.45, 7) is 1.03. The number of rotatable bonds is 7. The normalized spacial score (nSPS) is 10.2. The van der Waals surface area contributed by atoms with E-state index in [2.05, 4.69) is 0 Å². The Balaban J connectivity index is 2.10.